The van der Waals surface area contributed by atoms with Crippen molar-refractivity contribution in [1.82, 2.24) is 14.8 Å². The molecule has 0 aliphatic heterocycles. The zero-order valence-electron chi connectivity index (χ0n) is 14.1. The molecule has 2 heterocycles. The summed E-state index contributed by atoms with van der Waals surface area (Å²) in [6.07, 6.45) is 5.56. The zero-order chi connectivity index (χ0) is 18.5. The third-order valence-corrected chi connectivity index (χ3v) is 4.37. The van der Waals surface area contributed by atoms with Crippen molar-refractivity contribution in [2.24, 2.45) is 0 Å². The molecule has 1 N–H and O–H groups in total. The second-order valence-electron chi connectivity index (χ2n) is 6.06. The molecule has 0 saturated heterocycles. The van der Waals surface area contributed by atoms with Crippen molar-refractivity contribution in [2.75, 3.05) is 6.61 Å². The third-order valence-electron chi connectivity index (χ3n) is 4.37. The van der Waals surface area contributed by atoms with Gasteiger partial charge in [-0.2, -0.15) is 5.10 Å². The van der Waals surface area contributed by atoms with Crippen molar-refractivity contribution in [2.45, 2.75) is 38.7 Å². The van der Waals surface area contributed by atoms with Crippen LogP contribution in [0.25, 0.3) is 5.57 Å². The number of pyridine rings is 1. The normalized spacial score (nSPS) is 14.7. The molecule has 0 spiro atoms. The first-order chi connectivity index (χ1) is 12.6. The standard InChI is InChI=1S/C18H19F2N3O3/c19-18(20)9-23-15(5-6-22-23)13-4-2-1-3-12(13)11-26-17-8-21-7-16(25)14(17)10-24/h5-8,10,18,25H,1-4,9,11H2. The molecule has 1 aliphatic rings. The monoisotopic (exact) mass is 363 g/mol. The topological polar surface area (TPSA) is 77.2 Å². The second kappa shape index (κ2) is 8.07. The highest BCUT2D eigenvalue weighted by atomic mass is 19.3. The summed E-state index contributed by atoms with van der Waals surface area (Å²) in [5.41, 5.74) is 2.65. The van der Waals surface area contributed by atoms with E-state index in [9.17, 15) is 18.7 Å². The van der Waals surface area contributed by atoms with Gasteiger partial charge in [-0.3, -0.25) is 14.5 Å². The number of hydrogen-bond donors (Lipinski definition) is 1. The number of alkyl halides is 2. The van der Waals surface area contributed by atoms with Crippen molar-refractivity contribution < 1.29 is 23.4 Å². The van der Waals surface area contributed by atoms with Crippen LogP contribution in [0.3, 0.4) is 0 Å². The van der Waals surface area contributed by atoms with Gasteiger partial charge in [-0.1, -0.05) is 0 Å². The lowest BCUT2D eigenvalue weighted by Crippen LogP contribution is -2.15. The van der Waals surface area contributed by atoms with Gasteiger partial charge in [0.05, 0.1) is 18.1 Å². The van der Waals surface area contributed by atoms with E-state index in [1.165, 1.54) is 23.3 Å². The number of halogens is 2. The van der Waals surface area contributed by atoms with E-state index in [1.807, 2.05) is 0 Å². The minimum Gasteiger partial charge on any atom is -0.505 e. The van der Waals surface area contributed by atoms with E-state index >= 15 is 0 Å². The average Bonchev–Trinajstić information content (AvgIpc) is 3.07. The van der Waals surface area contributed by atoms with Crippen LogP contribution in [0, 0.1) is 0 Å². The summed E-state index contributed by atoms with van der Waals surface area (Å²) in [6.45, 7) is -0.257. The molecule has 1 aliphatic carbocycles. The van der Waals surface area contributed by atoms with Crippen LogP contribution in [0.4, 0.5) is 8.78 Å². The Labute approximate surface area is 149 Å². The lowest BCUT2D eigenvalue weighted by molar-refractivity contribution is 0.111. The molecule has 2 aromatic rings. The van der Waals surface area contributed by atoms with Crippen molar-refractivity contribution in [3.05, 3.63) is 41.5 Å². The fourth-order valence-electron chi connectivity index (χ4n) is 3.14. The molecule has 0 bridgehead atoms. The minimum absolute atomic E-state index is 0.0423. The first-order valence-corrected chi connectivity index (χ1v) is 8.36. The smallest absolute Gasteiger partial charge is 0.257 e. The Bertz CT molecular complexity index is 818. The average molecular weight is 363 g/mol. The highest BCUT2D eigenvalue weighted by Gasteiger charge is 2.20. The summed E-state index contributed by atoms with van der Waals surface area (Å²) in [4.78, 5) is 15.0. The molecule has 8 heteroatoms. The Hall–Kier alpha value is -2.77. The quantitative estimate of drug-likeness (QED) is 0.762. The van der Waals surface area contributed by atoms with Crippen molar-refractivity contribution >= 4 is 11.9 Å². The minimum atomic E-state index is -2.48. The lowest BCUT2D eigenvalue weighted by Gasteiger charge is -2.22. The highest BCUT2D eigenvalue weighted by molar-refractivity contribution is 5.82. The molecule has 138 valence electrons. The lowest BCUT2D eigenvalue weighted by atomic mass is 9.90. The Balaban J connectivity index is 1.86. The molecule has 0 aromatic carbocycles. The molecular formula is C18H19F2N3O3. The first-order valence-electron chi connectivity index (χ1n) is 8.36. The van der Waals surface area contributed by atoms with E-state index in [-0.39, 0.29) is 23.7 Å². The molecule has 0 saturated carbocycles. The van der Waals surface area contributed by atoms with Gasteiger partial charge in [0.15, 0.2) is 12.0 Å². The second-order valence-corrected chi connectivity index (χ2v) is 6.06. The molecule has 0 amide bonds. The number of aldehydes is 1. The van der Waals surface area contributed by atoms with Gasteiger partial charge in [0.1, 0.15) is 24.5 Å². The number of allylic oxidation sites excluding steroid dienone is 1. The van der Waals surface area contributed by atoms with Gasteiger partial charge < -0.3 is 9.84 Å². The van der Waals surface area contributed by atoms with Crippen LogP contribution < -0.4 is 4.74 Å². The summed E-state index contributed by atoms with van der Waals surface area (Å²) >= 11 is 0. The molecule has 2 aromatic heterocycles. The van der Waals surface area contributed by atoms with E-state index in [1.54, 1.807) is 6.07 Å². The number of rotatable bonds is 7. The highest BCUT2D eigenvalue weighted by Crippen LogP contribution is 2.33. The summed E-state index contributed by atoms with van der Waals surface area (Å²) < 4.78 is 32.6. The molecule has 0 radical (unpaired) electrons. The molecule has 6 nitrogen and oxygen atoms in total. The van der Waals surface area contributed by atoms with Gasteiger partial charge in [0.25, 0.3) is 6.43 Å². The number of ether oxygens (including phenoxy) is 1. The first kappa shape index (κ1) is 18.0. The maximum atomic E-state index is 12.8. The van der Waals surface area contributed by atoms with Crippen molar-refractivity contribution in [1.29, 1.82) is 0 Å². The molecular weight excluding hydrogens is 344 g/mol. The van der Waals surface area contributed by atoms with Crippen LogP contribution in [-0.2, 0) is 6.54 Å². The number of carbonyl (C=O) groups is 1. The van der Waals surface area contributed by atoms with E-state index < -0.39 is 13.0 Å². The predicted octanol–water partition coefficient (Wildman–Crippen LogP) is 3.47. The van der Waals surface area contributed by atoms with Crippen molar-refractivity contribution in [3.8, 4) is 11.5 Å². The number of aromatic hydroxyl groups is 1. The maximum absolute atomic E-state index is 12.8. The van der Waals surface area contributed by atoms with E-state index in [4.69, 9.17) is 4.74 Å². The Morgan fingerprint density at radius 1 is 1.31 bits per heavy atom. The molecule has 0 unspecified atom stereocenters. The van der Waals surface area contributed by atoms with Gasteiger partial charge in [-0.05, 0) is 42.9 Å². The Morgan fingerprint density at radius 3 is 2.88 bits per heavy atom. The summed E-state index contributed by atoms with van der Waals surface area (Å²) in [7, 11) is 0. The van der Waals surface area contributed by atoms with E-state index in [2.05, 4.69) is 10.1 Å². The summed E-state index contributed by atoms with van der Waals surface area (Å²) in [5, 5.41) is 13.7. The van der Waals surface area contributed by atoms with Crippen LogP contribution in [-0.4, -0.2) is 39.2 Å². The zero-order valence-corrected chi connectivity index (χ0v) is 14.1. The number of carbonyl (C=O) groups excluding carboxylic acids is 1. The Morgan fingerprint density at radius 2 is 2.12 bits per heavy atom. The molecule has 26 heavy (non-hydrogen) atoms. The van der Waals surface area contributed by atoms with E-state index in [0.717, 1.165) is 36.8 Å². The van der Waals surface area contributed by atoms with Gasteiger partial charge in [0.2, 0.25) is 0 Å². The van der Waals surface area contributed by atoms with Gasteiger partial charge in [-0.25, -0.2) is 8.78 Å². The molecule has 3 rings (SSSR count). The molecule has 0 atom stereocenters. The SMILES string of the molecule is O=Cc1c(O)cncc1OCC1=C(c2ccnn2CC(F)F)CCCC1. The predicted molar refractivity (Wildman–Crippen MR) is 90.4 cm³/mol. The largest absolute Gasteiger partial charge is 0.505 e. The van der Waals surface area contributed by atoms with Crippen LogP contribution in [0.1, 0.15) is 41.7 Å². The number of nitrogens with zero attached hydrogens (tertiary/aromatic N) is 3. The molecule has 0 fully saturated rings. The van der Waals surface area contributed by atoms with Crippen molar-refractivity contribution in [3.63, 3.8) is 0 Å². The number of aromatic nitrogens is 3. The fraction of sp³-hybridized carbons (Fsp3) is 0.389. The van der Waals surface area contributed by atoms with Gasteiger partial charge in [0, 0.05) is 6.20 Å². The van der Waals surface area contributed by atoms with Gasteiger partial charge in [-0.15, -0.1) is 0 Å². The van der Waals surface area contributed by atoms with Crippen LogP contribution in [0.15, 0.2) is 30.2 Å². The van der Waals surface area contributed by atoms with E-state index in [0.29, 0.717) is 12.0 Å². The summed E-state index contributed by atoms with van der Waals surface area (Å²) in [5.74, 6) is -0.0520. The third kappa shape index (κ3) is 3.89. The van der Waals surface area contributed by atoms with Crippen LogP contribution in [0.2, 0.25) is 0 Å². The maximum Gasteiger partial charge on any atom is 0.257 e. The summed E-state index contributed by atoms with van der Waals surface area (Å²) in [6, 6.07) is 1.73. The van der Waals surface area contributed by atoms with Gasteiger partial charge >= 0.3 is 0 Å². The Kier molecular flexibility index (Phi) is 5.60. The number of hydrogen-bond acceptors (Lipinski definition) is 5. The fourth-order valence-corrected chi connectivity index (χ4v) is 3.14. The van der Waals surface area contributed by atoms with Crippen LogP contribution in [0.5, 0.6) is 11.5 Å². The van der Waals surface area contributed by atoms with Crippen LogP contribution >= 0.6 is 0 Å².